The van der Waals surface area contributed by atoms with Crippen LogP contribution >= 0.6 is 0 Å². The molecule has 1 rings (SSSR count). The predicted octanol–water partition coefficient (Wildman–Crippen LogP) is 1.33. The number of terminal acetylenes is 1. The summed E-state index contributed by atoms with van der Waals surface area (Å²) in [6.07, 6.45) is 9.90. The van der Waals surface area contributed by atoms with Crippen molar-refractivity contribution >= 4 is 0 Å². The Balaban J connectivity index is 2.10. The van der Waals surface area contributed by atoms with E-state index >= 15 is 0 Å². The van der Waals surface area contributed by atoms with E-state index in [2.05, 4.69) is 5.92 Å². The average Bonchev–Trinajstić information content (AvgIpc) is 2.16. The maximum Gasteiger partial charge on any atom is 0.114 e. The minimum atomic E-state index is -0.587. The summed E-state index contributed by atoms with van der Waals surface area (Å²) >= 11 is 0. The molecule has 0 bridgehead atoms. The molecule has 0 radical (unpaired) electrons. The van der Waals surface area contributed by atoms with Crippen molar-refractivity contribution in [3.05, 3.63) is 0 Å². The molecule has 0 spiro atoms. The zero-order valence-corrected chi connectivity index (χ0v) is 7.33. The lowest BCUT2D eigenvalue weighted by molar-refractivity contribution is 0.00531. The lowest BCUT2D eigenvalue weighted by atomic mass is 10.0. The number of hydrogen-bond donors (Lipinski definition) is 1. The van der Waals surface area contributed by atoms with Crippen molar-refractivity contribution in [2.45, 2.75) is 44.3 Å². The monoisotopic (exact) mass is 168 g/mol. The molecule has 1 fully saturated rings. The molecule has 2 heteroatoms. The highest BCUT2D eigenvalue weighted by atomic mass is 16.5. The Morgan fingerprint density at radius 1 is 1.58 bits per heavy atom. The van der Waals surface area contributed by atoms with E-state index in [0.717, 1.165) is 19.4 Å². The quantitative estimate of drug-likeness (QED) is 0.644. The Hall–Kier alpha value is -0.520. The van der Waals surface area contributed by atoms with E-state index in [4.69, 9.17) is 16.3 Å². The van der Waals surface area contributed by atoms with Gasteiger partial charge in [0.1, 0.15) is 6.10 Å². The number of rotatable bonds is 3. The molecule has 0 saturated carbocycles. The molecular weight excluding hydrogens is 152 g/mol. The van der Waals surface area contributed by atoms with Gasteiger partial charge in [-0.1, -0.05) is 5.92 Å². The Labute approximate surface area is 73.9 Å². The maximum absolute atomic E-state index is 9.10. The summed E-state index contributed by atoms with van der Waals surface area (Å²) in [5.74, 6) is 2.30. The third-order valence-electron chi connectivity index (χ3n) is 2.23. The van der Waals surface area contributed by atoms with E-state index in [1.807, 2.05) is 0 Å². The van der Waals surface area contributed by atoms with Gasteiger partial charge in [-0.25, -0.2) is 0 Å². The Morgan fingerprint density at radius 3 is 3.00 bits per heavy atom. The van der Waals surface area contributed by atoms with Crippen LogP contribution in [0.15, 0.2) is 0 Å². The molecule has 2 nitrogen and oxygen atoms in total. The molecule has 0 aliphatic carbocycles. The van der Waals surface area contributed by atoms with Gasteiger partial charge < -0.3 is 9.84 Å². The second-order valence-electron chi connectivity index (χ2n) is 3.25. The first-order chi connectivity index (χ1) is 5.83. The minimum Gasteiger partial charge on any atom is -0.380 e. The highest BCUT2D eigenvalue weighted by Gasteiger charge is 2.14. The lowest BCUT2D eigenvalue weighted by Gasteiger charge is -2.22. The van der Waals surface area contributed by atoms with Crippen LogP contribution in [0.2, 0.25) is 0 Å². The number of aliphatic hydroxyl groups is 1. The molecule has 1 aliphatic rings. The van der Waals surface area contributed by atoms with Crippen molar-refractivity contribution < 1.29 is 9.84 Å². The van der Waals surface area contributed by atoms with Crippen LogP contribution in [0.4, 0.5) is 0 Å². The van der Waals surface area contributed by atoms with E-state index < -0.39 is 6.10 Å². The van der Waals surface area contributed by atoms with Gasteiger partial charge in [0.05, 0.1) is 6.10 Å². The van der Waals surface area contributed by atoms with Crippen LogP contribution in [0, 0.1) is 12.3 Å². The van der Waals surface area contributed by atoms with Crippen molar-refractivity contribution in [2.24, 2.45) is 0 Å². The van der Waals surface area contributed by atoms with E-state index in [1.54, 1.807) is 0 Å². The topological polar surface area (TPSA) is 29.5 Å². The Kier molecular flexibility index (Phi) is 4.13. The van der Waals surface area contributed by atoms with Crippen LogP contribution in [0.25, 0.3) is 0 Å². The van der Waals surface area contributed by atoms with E-state index in [9.17, 15) is 0 Å². The SMILES string of the molecule is C#CC(O)CCC1CCCCO1. The summed E-state index contributed by atoms with van der Waals surface area (Å²) in [5.41, 5.74) is 0. The fourth-order valence-electron chi connectivity index (χ4n) is 1.46. The van der Waals surface area contributed by atoms with Gasteiger partial charge in [-0.2, -0.15) is 0 Å². The van der Waals surface area contributed by atoms with Crippen LogP contribution in [-0.2, 0) is 4.74 Å². The second kappa shape index (κ2) is 5.18. The first kappa shape index (κ1) is 9.57. The van der Waals surface area contributed by atoms with Crippen LogP contribution < -0.4 is 0 Å². The second-order valence-corrected chi connectivity index (χ2v) is 3.25. The smallest absolute Gasteiger partial charge is 0.114 e. The highest BCUT2D eigenvalue weighted by molar-refractivity contribution is 4.93. The third-order valence-corrected chi connectivity index (χ3v) is 2.23. The first-order valence-corrected chi connectivity index (χ1v) is 4.58. The zero-order chi connectivity index (χ0) is 8.81. The van der Waals surface area contributed by atoms with Crippen molar-refractivity contribution in [1.82, 2.24) is 0 Å². The van der Waals surface area contributed by atoms with Crippen LogP contribution in [-0.4, -0.2) is 23.9 Å². The molecular formula is C10H16O2. The molecule has 1 saturated heterocycles. The number of aliphatic hydroxyl groups excluding tert-OH is 1. The number of hydrogen-bond acceptors (Lipinski definition) is 2. The standard InChI is InChI=1S/C10H16O2/c1-2-9(11)6-7-10-5-3-4-8-12-10/h1,9-11H,3-8H2. The van der Waals surface area contributed by atoms with Gasteiger partial charge in [0.2, 0.25) is 0 Å². The highest BCUT2D eigenvalue weighted by Crippen LogP contribution is 2.17. The molecule has 0 aromatic rings. The summed E-state index contributed by atoms with van der Waals surface area (Å²) in [5, 5.41) is 9.10. The van der Waals surface area contributed by atoms with Gasteiger partial charge in [-0.3, -0.25) is 0 Å². The fourth-order valence-corrected chi connectivity index (χ4v) is 1.46. The van der Waals surface area contributed by atoms with E-state index in [0.29, 0.717) is 12.5 Å². The summed E-state index contributed by atoms with van der Waals surface area (Å²) < 4.78 is 5.49. The van der Waals surface area contributed by atoms with Gasteiger partial charge in [-0.15, -0.1) is 6.42 Å². The molecule has 1 heterocycles. The first-order valence-electron chi connectivity index (χ1n) is 4.58. The molecule has 68 valence electrons. The van der Waals surface area contributed by atoms with Crippen LogP contribution in [0.5, 0.6) is 0 Å². The minimum absolute atomic E-state index is 0.335. The zero-order valence-electron chi connectivity index (χ0n) is 7.33. The van der Waals surface area contributed by atoms with Crippen molar-refractivity contribution in [3.8, 4) is 12.3 Å². The molecule has 0 amide bonds. The van der Waals surface area contributed by atoms with Crippen molar-refractivity contribution in [2.75, 3.05) is 6.61 Å². The summed E-state index contributed by atoms with van der Waals surface area (Å²) in [6.45, 7) is 0.872. The average molecular weight is 168 g/mol. The molecule has 12 heavy (non-hydrogen) atoms. The van der Waals surface area contributed by atoms with E-state index in [1.165, 1.54) is 12.8 Å². The number of ether oxygens (including phenoxy) is 1. The van der Waals surface area contributed by atoms with Gasteiger partial charge in [0.25, 0.3) is 0 Å². The molecule has 0 aromatic carbocycles. The summed E-state index contributed by atoms with van der Waals surface area (Å²) in [4.78, 5) is 0. The van der Waals surface area contributed by atoms with Crippen LogP contribution in [0.1, 0.15) is 32.1 Å². The van der Waals surface area contributed by atoms with Crippen LogP contribution in [0.3, 0.4) is 0 Å². The van der Waals surface area contributed by atoms with Crippen molar-refractivity contribution in [1.29, 1.82) is 0 Å². The molecule has 1 aliphatic heterocycles. The van der Waals surface area contributed by atoms with Crippen molar-refractivity contribution in [3.63, 3.8) is 0 Å². The lowest BCUT2D eigenvalue weighted by Crippen LogP contribution is -2.20. The molecule has 1 N–H and O–H groups in total. The fraction of sp³-hybridized carbons (Fsp3) is 0.800. The molecule has 0 aromatic heterocycles. The summed E-state index contributed by atoms with van der Waals surface area (Å²) in [7, 11) is 0. The third kappa shape index (κ3) is 3.25. The van der Waals surface area contributed by atoms with Gasteiger partial charge in [0.15, 0.2) is 0 Å². The van der Waals surface area contributed by atoms with Gasteiger partial charge >= 0.3 is 0 Å². The van der Waals surface area contributed by atoms with E-state index in [-0.39, 0.29) is 0 Å². The normalized spacial score (nSPS) is 26.2. The van der Waals surface area contributed by atoms with Gasteiger partial charge in [-0.05, 0) is 32.1 Å². The Bertz CT molecular complexity index is 154. The predicted molar refractivity (Wildman–Crippen MR) is 47.7 cm³/mol. The molecule has 2 unspecified atom stereocenters. The molecule has 2 atom stereocenters. The summed E-state index contributed by atoms with van der Waals surface area (Å²) in [6, 6.07) is 0. The maximum atomic E-state index is 9.10. The van der Waals surface area contributed by atoms with Gasteiger partial charge in [0, 0.05) is 6.61 Å². The Morgan fingerprint density at radius 2 is 2.42 bits per heavy atom. The largest absolute Gasteiger partial charge is 0.380 e.